The minimum atomic E-state index is -0.567. The van der Waals surface area contributed by atoms with Gasteiger partial charge in [-0.25, -0.2) is 4.79 Å². The number of carbonyl (C=O) groups is 3. The van der Waals surface area contributed by atoms with E-state index < -0.39 is 11.7 Å². The first-order valence-electron chi connectivity index (χ1n) is 9.21. The molecule has 0 aliphatic carbocycles. The van der Waals surface area contributed by atoms with E-state index in [1.807, 2.05) is 0 Å². The maximum atomic E-state index is 12.5. The van der Waals surface area contributed by atoms with Gasteiger partial charge in [0.15, 0.2) is 0 Å². The number of amides is 3. The van der Waals surface area contributed by atoms with E-state index in [0.29, 0.717) is 38.3 Å². The number of alkyl carbamates (subject to hydrolysis) is 1. The van der Waals surface area contributed by atoms with Gasteiger partial charge >= 0.3 is 6.09 Å². The summed E-state index contributed by atoms with van der Waals surface area (Å²) < 4.78 is 5.14. The van der Waals surface area contributed by atoms with Gasteiger partial charge in [-0.2, -0.15) is 0 Å². The van der Waals surface area contributed by atoms with Crippen LogP contribution in [-0.2, 0) is 9.53 Å². The highest BCUT2D eigenvalue weighted by Gasteiger charge is 2.23. The Morgan fingerprint density at radius 1 is 1.11 bits per heavy atom. The standard InChI is InChI=1S/C19H28N4O4/c1-19(2,3)27-18(26)21-10-8-16(24)22-11-6-12-23(14-13-22)17(25)15-7-4-5-9-20-15/h4-5,7,9H,6,8,10-14H2,1-3H3,(H,21,26). The van der Waals surface area contributed by atoms with Crippen molar-refractivity contribution in [3.05, 3.63) is 30.1 Å². The molecule has 0 radical (unpaired) electrons. The third kappa shape index (κ3) is 6.88. The lowest BCUT2D eigenvalue weighted by molar-refractivity contribution is -0.130. The van der Waals surface area contributed by atoms with Gasteiger partial charge in [0.1, 0.15) is 11.3 Å². The molecule has 1 aromatic heterocycles. The molecule has 1 fully saturated rings. The molecule has 27 heavy (non-hydrogen) atoms. The number of aromatic nitrogens is 1. The first-order valence-corrected chi connectivity index (χ1v) is 9.21. The number of hydrogen-bond donors (Lipinski definition) is 1. The fourth-order valence-corrected chi connectivity index (χ4v) is 2.77. The lowest BCUT2D eigenvalue weighted by Crippen LogP contribution is -2.39. The maximum absolute atomic E-state index is 12.5. The maximum Gasteiger partial charge on any atom is 0.407 e. The smallest absolute Gasteiger partial charge is 0.407 e. The van der Waals surface area contributed by atoms with Crippen molar-refractivity contribution in [2.45, 2.75) is 39.2 Å². The van der Waals surface area contributed by atoms with Crippen LogP contribution in [0.25, 0.3) is 0 Å². The number of ether oxygens (including phenoxy) is 1. The third-order valence-corrected chi connectivity index (χ3v) is 4.03. The van der Waals surface area contributed by atoms with E-state index >= 15 is 0 Å². The molecule has 1 saturated heterocycles. The molecule has 0 aromatic carbocycles. The van der Waals surface area contributed by atoms with E-state index in [4.69, 9.17) is 4.74 Å². The molecule has 0 saturated carbocycles. The van der Waals surface area contributed by atoms with Crippen molar-refractivity contribution in [2.75, 3.05) is 32.7 Å². The van der Waals surface area contributed by atoms with Gasteiger partial charge in [-0.05, 0) is 39.3 Å². The zero-order chi connectivity index (χ0) is 19.9. The number of nitrogens with one attached hydrogen (secondary N) is 1. The summed E-state index contributed by atoms with van der Waals surface area (Å²) in [6, 6.07) is 5.24. The highest BCUT2D eigenvalue weighted by molar-refractivity contribution is 5.92. The summed E-state index contributed by atoms with van der Waals surface area (Å²) in [5, 5.41) is 2.59. The zero-order valence-corrected chi connectivity index (χ0v) is 16.2. The average Bonchev–Trinajstić information content (AvgIpc) is 2.86. The van der Waals surface area contributed by atoms with Crippen molar-refractivity contribution < 1.29 is 19.1 Å². The van der Waals surface area contributed by atoms with E-state index in [2.05, 4.69) is 10.3 Å². The molecule has 1 N–H and O–H groups in total. The second kappa shape index (κ2) is 9.34. The summed E-state index contributed by atoms with van der Waals surface area (Å²) in [7, 11) is 0. The van der Waals surface area contributed by atoms with E-state index in [0.717, 1.165) is 0 Å². The van der Waals surface area contributed by atoms with Crippen LogP contribution < -0.4 is 5.32 Å². The normalized spacial score (nSPS) is 15.1. The molecule has 0 unspecified atom stereocenters. The topological polar surface area (TPSA) is 91.8 Å². The predicted octanol–water partition coefficient (Wildman–Crippen LogP) is 1.67. The molecule has 8 nitrogen and oxygen atoms in total. The van der Waals surface area contributed by atoms with Crippen molar-refractivity contribution in [1.82, 2.24) is 20.1 Å². The first kappa shape index (κ1) is 20.7. The van der Waals surface area contributed by atoms with Crippen molar-refractivity contribution in [3.8, 4) is 0 Å². The Morgan fingerprint density at radius 3 is 2.48 bits per heavy atom. The molecule has 3 amide bonds. The summed E-state index contributed by atoms with van der Waals surface area (Å²) in [6.07, 6.45) is 1.98. The monoisotopic (exact) mass is 376 g/mol. The van der Waals surface area contributed by atoms with E-state index in [1.54, 1.807) is 55.0 Å². The van der Waals surface area contributed by atoms with E-state index in [1.165, 1.54) is 0 Å². The summed E-state index contributed by atoms with van der Waals surface area (Å²) in [6.45, 7) is 7.71. The number of carbonyl (C=O) groups excluding carboxylic acids is 3. The van der Waals surface area contributed by atoms with Gasteiger partial charge in [-0.3, -0.25) is 14.6 Å². The highest BCUT2D eigenvalue weighted by atomic mass is 16.6. The Balaban J connectivity index is 1.77. The molecular formula is C19H28N4O4. The molecule has 8 heteroatoms. The van der Waals surface area contributed by atoms with Crippen LogP contribution in [0, 0.1) is 0 Å². The van der Waals surface area contributed by atoms with Crippen LogP contribution in [0.4, 0.5) is 4.79 Å². The molecular weight excluding hydrogens is 348 g/mol. The van der Waals surface area contributed by atoms with Gasteiger partial charge in [0.05, 0.1) is 0 Å². The Hall–Kier alpha value is -2.64. The number of nitrogens with zero attached hydrogens (tertiary/aromatic N) is 3. The van der Waals surface area contributed by atoms with Gasteiger partial charge < -0.3 is 19.9 Å². The van der Waals surface area contributed by atoms with Crippen LogP contribution in [0.2, 0.25) is 0 Å². The minimum Gasteiger partial charge on any atom is -0.444 e. The molecule has 2 rings (SSSR count). The second-order valence-electron chi connectivity index (χ2n) is 7.42. The van der Waals surface area contributed by atoms with Crippen molar-refractivity contribution in [2.24, 2.45) is 0 Å². The minimum absolute atomic E-state index is 0.0433. The quantitative estimate of drug-likeness (QED) is 0.863. The van der Waals surface area contributed by atoms with Crippen LogP contribution >= 0.6 is 0 Å². The molecule has 0 atom stereocenters. The Bertz CT molecular complexity index is 657. The van der Waals surface area contributed by atoms with Crippen LogP contribution in [0.15, 0.2) is 24.4 Å². The average molecular weight is 376 g/mol. The van der Waals surface area contributed by atoms with Crippen LogP contribution in [0.3, 0.4) is 0 Å². The Labute approximate surface area is 159 Å². The first-order chi connectivity index (χ1) is 12.8. The molecule has 1 aliphatic rings. The summed E-state index contributed by atoms with van der Waals surface area (Å²) in [5.74, 6) is -0.158. The largest absolute Gasteiger partial charge is 0.444 e. The molecule has 1 aromatic rings. The van der Waals surface area contributed by atoms with Crippen molar-refractivity contribution in [1.29, 1.82) is 0 Å². The second-order valence-corrected chi connectivity index (χ2v) is 7.42. The molecule has 0 bridgehead atoms. The molecule has 1 aliphatic heterocycles. The Kier molecular flexibility index (Phi) is 7.15. The fraction of sp³-hybridized carbons (Fsp3) is 0.579. The number of rotatable bonds is 4. The van der Waals surface area contributed by atoms with E-state index in [9.17, 15) is 14.4 Å². The SMILES string of the molecule is CC(C)(C)OC(=O)NCCC(=O)N1CCCN(C(=O)c2ccccn2)CC1. The van der Waals surface area contributed by atoms with E-state index in [-0.39, 0.29) is 24.8 Å². The van der Waals surface area contributed by atoms with Crippen LogP contribution in [0.5, 0.6) is 0 Å². The zero-order valence-electron chi connectivity index (χ0n) is 16.2. The lowest BCUT2D eigenvalue weighted by Gasteiger charge is -2.22. The number of hydrogen-bond acceptors (Lipinski definition) is 5. The van der Waals surface area contributed by atoms with Crippen LogP contribution in [0.1, 0.15) is 44.1 Å². The van der Waals surface area contributed by atoms with Gasteiger partial charge in [0.2, 0.25) is 5.91 Å². The van der Waals surface area contributed by atoms with Gasteiger partial charge in [-0.1, -0.05) is 6.07 Å². The number of pyridine rings is 1. The summed E-state index contributed by atoms with van der Waals surface area (Å²) >= 11 is 0. The van der Waals surface area contributed by atoms with Gasteiger partial charge in [0, 0.05) is 45.3 Å². The lowest BCUT2D eigenvalue weighted by atomic mass is 10.2. The molecule has 148 valence electrons. The third-order valence-electron chi connectivity index (χ3n) is 4.03. The van der Waals surface area contributed by atoms with Gasteiger partial charge in [0.25, 0.3) is 5.91 Å². The Morgan fingerprint density at radius 2 is 1.81 bits per heavy atom. The summed E-state index contributed by atoms with van der Waals surface area (Å²) in [4.78, 5) is 44.1. The molecule has 2 heterocycles. The highest BCUT2D eigenvalue weighted by Crippen LogP contribution is 2.09. The predicted molar refractivity (Wildman–Crippen MR) is 100 cm³/mol. The van der Waals surface area contributed by atoms with Crippen molar-refractivity contribution >= 4 is 17.9 Å². The van der Waals surface area contributed by atoms with Gasteiger partial charge in [-0.15, -0.1) is 0 Å². The van der Waals surface area contributed by atoms with Crippen molar-refractivity contribution in [3.63, 3.8) is 0 Å². The summed E-state index contributed by atoms with van der Waals surface area (Å²) in [5.41, 5.74) is -0.151. The van der Waals surface area contributed by atoms with Crippen LogP contribution in [-0.4, -0.2) is 71.0 Å². The fourth-order valence-electron chi connectivity index (χ4n) is 2.77. The molecule has 0 spiro atoms.